The van der Waals surface area contributed by atoms with Gasteiger partial charge in [0.2, 0.25) is 0 Å². The molecule has 3 atom stereocenters. The van der Waals surface area contributed by atoms with Crippen LogP contribution in [-0.2, 0) is 14.2 Å². The van der Waals surface area contributed by atoms with E-state index >= 15 is 0 Å². The second kappa shape index (κ2) is 7.66. The standard InChI is InChI=1S/C20H18O5/c1-14-18(25-20(22)16-10-6-3-7-11-16)17(12-13-23-14)24-19(21)15-8-4-2-5-9-15/h2-14,17-18H,1H3/t14-,17-,18+/m1/s1. The van der Waals surface area contributed by atoms with Crippen LogP contribution in [0, 0.1) is 0 Å². The van der Waals surface area contributed by atoms with E-state index in [-0.39, 0.29) is 0 Å². The minimum Gasteiger partial charge on any atom is -0.494 e. The molecule has 5 heteroatoms. The van der Waals surface area contributed by atoms with Gasteiger partial charge in [-0.2, -0.15) is 0 Å². The Labute approximate surface area is 145 Å². The quantitative estimate of drug-likeness (QED) is 0.800. The number of carbonyl (C=O) groups is 2. The van der Waals surface area contributed by atoms with Gasteiger partial charge >= 0.3 is 11.9 Å². The first kappa shape index (κ1) is 16.8. The van der Waals surface area contributed by atoms with Gasteiger partial charge in [0.05, 0.1) is 17.4 Å². The van der Waals surface area contributed by atoms with Gasteiger partial charge in [0.25, 0.3) is 0 Å². The monoisotopic (exact) mass is 338 g/mol. The number of hydrogen-bond acceptors (Lipinski definition) is 5. The summed E-state index contributed by atoms with van der Waals surface area (Å²) >= 11 is 0. The average Bonchev–Trinajstić information content (AvgIpc) is 2.66. The van der Waals surface area contributed by atoms with E-state index in [2.05, 4.69) is 0 Å². The smallest absolute Gasteiger partial charge is 0.338 e. The highest BCUT2D eigenvalue weighted by atomic mass is 16.6. The maximum absolute atomic E-state index is 12.3. The van der Waals surface area contributed by atoms with Gasteiger partial charge in [0.1, 0.15) is 6.10 Å². The Morgan fingerprint density at radius 2 is 1.36 bits per heavy atom. The Morgan fingerprint density at radius 3 is 1.92 bits per heavy atom. The lowest BCUT2D eigenvalue weighted by Gasteiger charge is -2.32. The van der Waals surface area contributed by atoms with Crippen LogP contribution >= 0.6 is 0 Å². The molecule has 1 aliphatic heterocycles. The van der Waals surface area contributed by atoms with Crippen molar-refractivity contribution in [3.8, 4) is 0 Å². The number of carbonyl (C=O) groups excluding carboxylic acids is 2. The van der Waals surface area contributed by atoms with E-state index in [4.69, 9.17) is 14.2 Å². The van der Waals surface area contributed by atoms with Crippen LogP contribution in [-0.4, -0.2) is 30.3 Å². The van der Waals surface area contributed by atoms with Gasteiger partial charge in [-0.05, 0) is 37.3 Å². The number of benzene rings is 2. The van der Waals surface area contributed by atoms with Crippen LogP contribution in [0.5, 0.6) is 0 Å². The molecule has 0 fully saturated rings. The average molecular weight is 338 g/mol. The van der Waals surface area contributed by atoms with Crippen molar-refractivity contribution in [3.05, 3.63) is 84.1 Å². The molecule has 25 heavy (non-hydrogen) atoms. The topological polar surface area (TPSA) is 61.8 Å². The summed E-state index contributed by atoms with van der Waals surface area (Å²) in [6.45, 7) is 1.76. The van der Waals surface area contributed by atoms with Gasteiger partial charge in [-0.25, -0.2) is 9.59 Å². The third-order valence-corrected chi connectivity index (χ3v) is 3.85. The summed E-state index contributed by atoms with van der Waals surface area (Å²) in [5, 5.41) is 0. The number of ether oxygens (including phenoxy) is 3. The van der Waals surface area contributed by atoms with Gasteiger partial charge < -0.3 is 14.2 Å². The summed E-state index contributed by atoms with van der Waals surface area (Å²) in [5.41, 5.74) is 0.862. The fraction of sp³-hybridized carbons (Fsp3) is 0.200. The number of rotatable bonds is 4. The van der Waals surface area contributed by atoms with E-state index in [1.807, 2.05) is 12.1 Å². The summed E-state index contributed by atoms with van der Waals surface area (Å²) < 4.78 is 16.5. The molecule has 0 aromatic heterocycles. The van der Waals surface area contributed by atoms with Crippen molar-refractivity contribution in [3.63, 3.8) is 0 Å². The minimum atomic E-state index is -0.731. The summed E-state index contributed by atoms with van der Waals surface area (Å²) in [4.78, 5) is 24.6. The van der Waals surface area contributed by atoms with Crippen molar-refractivity contribution >= 4 is 11.9 Å². The molecule has 0 saturated heterocycles. The van der Waals surface area contributed by atoms with E-state index in [9.17, 15) is 9.59 Å². The second-order valence-corrected chi connectivity index (χ2v) is 5.64. The molecule has 0 radical (unpaired) electrons. The fourth-order valence-corrected chi connectivity index (χ4v) is 2.50. The van der Waals surface area contributed by atoms with Crippen molar-refractivity contribution in [2.24, 2.45) is 0 Å². The zero-order chi connectivity index (χ0) is 17.6. The predicted molar refractivity (Wildman–Crippen MR) is 91.0 cm³/mol. The molecule has 0 N–H and O–H groups in total. The maximum atomic E-state index is 12.3. The Morgan fingerprint density at radius 1 is 0.840 bits per heavy atom. The highest BCUT2D eigenvalue weighted by Crippen LogP contribution is 2.21. The van der Waals surface area contributed by atoms with Crippen LogP contribution in [0.3, 0.4) is 0 Å². The second-order valence-electron chi connectivity index (χ2n) is 5.64. The normalized spacial score (nSPS) is 21.9. The number of hydrogen-bond donors (Lipinski definition) is 0. The lowest BCUT2D eigenvalue weighted by molar-refractivity contribution is -0.0772. The van der Waals surface area contributed by atoms with Crippen LogP contribution in [0.15, 0.2) is 73.0 Å². The lowest BCUT2D eigenvalue weighted by Crippen LogP contribution is -2.44. The van der Waals surface area contributed by atoms with Crippen LogP contribution in [0.4, 0.5) is 0 Å². The molecule has 1 heterocycles. The lowest BCUT2D eigenvalue weighted by atomic mass is 10.1. The first-order valence-corrected chi connectivity index (χ1v) is 7.99. The minimum absolute atomic E-state index is 0.428. The molecule has 2 aromatic rings. The van der Waals surface area contributed by atoms with Crippen molar-refractivity contribution in [2.45, 2.75) is 25.2 Å². The van der Waals surface area contributed by atoms with Gasteiger partial charge in [0.15, 0.2) is 12.2 Å². The Hall–Kier alpha value is -3.08. The molecule has 0 spiro atoms. The van der Waals surface area contributed by atoms with Crippen LogP contribution < -0.4 is 0 Å². The first-order chi connectivity index (χ1) is 12.1. The van der Waals surface area contributed by atoms with E-state index in [1.165, 1.54) is 6.26 Å². The molecular formula is C20H18O5. The van der Waals surface area contributed by atoms with E-state index in [0.29, 0.717) is 11.1 Å². The van der Waals surface area contributed by atoms with Crippen molar-refractivity contribution in [1.29, 1.82) is 0 Å². The Balaban J connectivity index is 1.73. The summed E-state index contributed by atoms with van der Waals surface area (Å²) in [5.74, 6) is -0.970. The molecule has 0 aliphatic carbocycles. The van der Waals surface area contributed by atoms with Crippen molar-refractivity contribution < 1.29 is 23.8 Å². The Bertz CT molecular complexity index is 754. The highest BCUT2D eigenvalue weighted by Gasteiger charge is 2.35. The zero-order valence-electron chi connectivity index (χ0n) is 13.7. The predicted octanol–water partition coefficient (Wildman–Crippen LogP) is 3.37. The van der Waals surface area contributed by atoms with Crippen LogP contribution in [0.1, 0.15) is 27.6 Å². The molecule has 128 valence electrons. The summed E-state index contributed by atoms with van der Waals surface area (Å²) in [6.07, 6.45) is 1.14. The molecule has 0 amide bonds. The van der Waals surface area contributed by atoms with Crippen molar-refractivity contribution in [2.75, 3.05) is 0 Å². The van der Waals surface area contributed by atoms with Gasteiger partial charge in [0, 0.05) is 0 Å². The molecular weight excluding hydrogens is 320 g/mol. The van der Waals surface area contributed by atoms with Crippen molar-refractivity contribution in [1.82, 2.24) is 0 Å². The van der Waals surface area contributed by atoms with E-state index < -0.39 is 30.3 Å². The number of esters is 2. The molecule has 2 aromatic carbocycles. The third kappa shape index (κ3) is 4.07. The van der Waals surface area contributed by atoms with E-state index in [0.717, 1.165) is 0 Å². The third-order valence-electron chi connectivity index (χ3n) is 3.85. The van der Waals surface area contributed by atoms with Crippen LogP contribution in [0.25, 0.3) is 0 Å². The fourth-order valence-electron chi connectivity index (χ4n) is 2.50. The molecule has 0 unspecified atom stereocenters. The summed E-state index contributed by atoms with van der Waals surface area (Å²) in [7, 11) is 0. The molecule has 0 saturated carbocycles. The van der Waals surface area contributed by atoms with Gasteiger partial charge in [-0.1, -0.05) is 36.4 Å². The highest BCUT2D eigenvalue weighted by molar-refractivity contribution is 5.90. The maximum Gasteiger partial charge on any atom is 0.338 e. The van der Waals surface area contributed by atoms with Gasteiger partial charge in [-0.15, -0.1) is 0 Å². The summed E-state index contributed by atoms with van der Waals surface area (Å²) in [6, 6.07) is 17.3. The van der Waals surface area contributed by atoms with Crippen LogP contribution in [0.2, 0.25) is 0 Å². The zero-order valence-corrected chi connectivity index (χ0v) is 13.7. The Kier molecular flexibility index (Phi) is 5.14. The SMILES string of the molecule is C[C@H]1OC=C[C@@H](OC(=O)c2ccccc2)[C@H]1OC(=O)c1ccccc1. The largest absolute Gasteiger partial charge is 0.494 e. The van der Waals surface area contributed by atoms with E-state index in [1.54, 1.807) is 61.5 Å². The molecule has 3 rings (SSSR count). The van der Waals surface area contributed by atoms with Gasteiger partial charge in [-0.3, -0.25) is 0 Å². The molecule has 5 nitrogen and oxygen atoms in total. The molecule has 0 bridgehead atoms. The molecule has 1 aliphatic rings. The first-order valence-electron chi connectivity index (χ1n) is 7.99.